The Morgan fingerprint density at radius 2 is 1.74 bits per heavy atom. The number of aromatic amines is 1. The van der Waals surface area contributed by atoms with Crippen LogP contribution in [0.3, 0.4) is 0 Å². The van der Waals surface area contributed by atoms with E-state index >= 15 is 0 Å². The van der Waals surface area contributed by atoms with Crippen LogP contribution in [-0.4, -0.2) is 9.97 Å². The maximum Gasteiger partial charge on any atom is 0.125 e. The van der Waals surface area contributed by atoms with Crippen LogP contribution in [0.25, 0.3) is 11.1 Å². The molecule has 0 unspecified atom stereocenters. The first-order chi connectivity index (χ1) is 9.43. The van der Waals surface area contributed by atoms with Gasteiger partial charge in [-0.15, -0.1) is 0 Å². The number of imidazole rings is 1. The Kier molecular flexibility index (Phi) is 3.28. The highest BCUT2D eigenvalue weighted by atomic mass is 15.0. The summed E-state index contributed by atoms with van der Waals surface area (Å²) in [4.78, 5) is 7.31. The Hall–Kier alpha value is -2.55. The van der Waals surface area contributed by atoms with Crippen molar-refractivity contribution in [3.8, 4) is 11.1 Å². The average molecular weight is 249 g/mol. The van der Waals surface area contributed by atoms with Crippen molar-refractivity contribution in [3.63, 3.8) is 0 Å². The summed E-state index contributed by atoms with van der Waals surface area (Å²) in [5.41, 5.74) is 3.53. The van der Waals surface area contributed by atoms with Crippen molar-refractivity contribution in [2.45, 2.75) is 6.54 Å². The van der Waals surface area contributed by atoms with Gasteiger partial charge in [-0.2, -0.15) is 0 Å². The molecule has 3 aromatic rings. The molecule has 1 aromatic heterocycles. The summed E-state index contributed by atoms with van der Waals surface area (Å²) in [6.07, 6.45) is 3.60. The number of H-pyrrole nitrogens is 1. The number of hydrogen-bond donors (Lipinski definition) is 2. The van der Waals surface area contributed by atoms with E-state index in [1.54, 1.807) is 6.20 Å². The van der Waals surface area contributed by atoms with E-state index in [9.17, 15) is 0 Å². The zero-order chi connectivity index (χ0) is 12.9. The molecule has 0 spiro atoms. The van der Waals surface area contributed by atoms with Crippen LogP contribution >= 0.6 is 0 Å². The monoisotopic (exact) mass is 249 g/mol. The van der Waals surface area contributed by atoms with Gasteiger partial charge in [0.1, 0.15) is 5.82 Å². The molecule has 94 valence electrons. The molecule has 1 heterocycles. The van der Waals surface area contributed by atoms with Crippen LogP contribution in [0.5, 0.6) is 0 Å². The molecule has 0 aliphatic heterocycles. The van der Waals surface area contributed by atoms with E-state index in [4.69, 9.17) is 0 Å². The molecule has 0 saturated heterocycles. The SMILES string of the molecule is c1ccc(-c2ccccc2NCc2ncc[nH]2)cc1. The molecule has 0 atom stereocenters. The third-order valence-corrected chi connectivity index (χ3v) is 3.01. The van der Waals surface area contributed by atoms with Crippen molar-refractivity contribution >= 4 is 5.69 Å². The molecule has 0 bridgehead atoms. The molecule has 0 aliphatic carbocycles. The summed E-state index contributed by atoms with van der Waals surface area (Å²) in [6, 6.07) is 18.7. The van der Waals surface area contributed by atoms with Gasteiger partial charge in [-0.25, -0.2) is 4.98 Å². The maximum absolute atomic E-state index is 4.22. The van der Waals surface area contributed by atoms with Crippen LogP contribution in [0.4, 0.5) is 5.69 Å². The molecule has 0 aliphatic rings. The van der Waals surface area contributed by atoms with E-state index in [1.807, 2.05) is 18.3 Å². The summed E-state index contributed by atoms with van der Waals surface area (Å²) in [5.74, 6) is 0.933. The molecule has 0 amide bonds. The first-order valence-corrected chi connectivity index (χ1v) is 6.30. The molecule has 0 saturated carbocycles. The molecule has 0 fully saturated rings. The van der Waals surface area contributed by atoms with Gasteiger partial charge in [0.2, 0.25) is 0 Å². The molecule has 2 N–H and O–H groups in total. The number of benzene rings is 2. The van der Waals surface area contributed by atoms with Gasteiger partial charge >= 0.3 is 0 Å². The maximum atomic E-state index is 4.22. The molecule has 0 radical (unpaired) electrons. The lowest BCUT2D eigenvalue weighted by Gasteiger charge is -2.11. The van der Waals surface area contributed by atoms with E-state index in [2.05, 4.69) is 57.7 Å². The second kappa shape index (κ2) is 5.40. The number of anilines is 1. The highest BCUT2D eigenvalue weighted by Gasteiger charge is 2.04. The number of para-hydroxylation sites is 1. The van der Waals surface area contributed by atoms with Crippen molar-refractivity contribution in [3.05, 3.63) is 72.8 Å². The molecule has 3 nitrogen and oxygen atoms in total. The lowest BCUT2D eigenvalue weighted by Crippen LogP contribution is -2.02. The highest BCUT2D eigenvalue weighted by molar-refractivity contribution is 5.77. The van der Waals surface area contributed by atoms with Crippen molar-refractivity contribution in [1.29, 1.82) is 0 Å². The fourth-order valence-corrected chi connectivity index (χ4v) is 2.08. The molecule has 3 heteroatoms. The van der Waals surface area contributed by atoms with E-state index in [0.29, 0.717) is 6.54 Å². The van der Waals surface area contributed by atoms with Crippen molar-refractivity contribution < 1.29 is 0 Å². The van der Waals surface area contributed by atoms with Gasteiger partial charge in [0, 0.05) is 23.6 Å². The van der Waals surface area contributed by atoms with Gasteiger partial charge in [-0.05, 0) is 11.6 Å². The number of nitrogens with one attached hydrogen (secondary N) is 2. The molecular weight excluding hydrogens is 234 g/mol. The van der Waals surface area contributed by atoms with Crippen LogP contribution in [0.15, 0.2) is 67.0 Å². The molecular formula is C16H15N3. The Morgan fingerprint density at radius 3 is 2.53 bits per heavy atom. The van der Waals surface area contributed by atoms with Crippen molar-refractivity contribution in [2.75, 3.05) is 5.32 Å². The van der Waals surface area contributed by atoms with Crippen molar-refractivity contribution in [2.24, 2.45) is 0 Å². The second-order valence-corrected chi connectivity index (χ2v) is 4.30. The number of aromatic nitrogens is 2. The minimum atomic E-state index is 0.691. The summed E-state index contributed by atoms with van der Waals surface area (Å²) in [6.45, 7) is 0.691. The predicted molar refractivity (Wildman–Crippen MR) is 77.8 cm³/mol. The van der Waals surface area contributed by atoms with Gasteiger partial charge in [0.15, 0.2) is 0 Å². The smallest absolute Gasteiger partial charge is 0.125 e. The third-order valence-electron chi connectivity index (χ3n) is 3.01. The molecule has 2 aromatic carbocycles. The third kappa shape index (κ3) is 2.65. The fourth-order valence-electron chi connectivity index (χ4n) is 2.08. The standard InChI is InChI=1S/C16H15N3/c1-2-6-13(7-3-1)14-8-4-5-9-15(14)19-12-16-17-10-11-18-16/h1-11,19H,12H2,(H,17,18). The normalized spacial score (nSPS) is 10.3. The van der Waals surface area contributed by atoms with Gasteiger partial charge in [0.25, 0.3) is 0 Å². The highest BCUT2D eigenvalue weighted by Crippen LogP contribution is 2.27. The molecule has 19 heavy (non-hydrogen) atoms. The van der Waals surface area contributed by atoms with E-state index in [-0.39, 0.29) is 0 Å². The lowest BCUT2D eigenvalue weighted by molar-refractivity contribution is 1.00. The number of nitrogens with zero attached hydrogens (tertiary/aromatic N) is 1. The number of rotatable bonds is 4. The molecule has 3 rings (SSSR count). The lowest BCUT2D eigenvalue weighted by atomic mass is 10.0. The van der Waals surface area contributed by atoms with E-state index in [1.165, 1.54) is 11.1 Å². The largest absolute Gasteiger partial charge is 0.377 e. The Labute approximate surface area is 112 Å². The Bertz CT molecular complexity index is 630. The zero-order valence-electron chi connectivity index (χ0n) is 10.5. The van der Waals surface area contributed by atoms with Crippen LogP contribution in [0.2, 0.25) is 0 Å². The van der Waals surface area contributed by atoms with Crippen LogP contribution in [0, 0.1) is 0 Å². The van der Waals surface area contributed by atoms with Gasteiger partial charge < -0.3 is 10.3 Å². The number of hydrogen-bond acceptors (Lipinski definition) is 2. The van der Waals surface area contributed by atoms with Crippen molar-refractivity contribution in [1.82, 2.24) is 9.97 Å². The zero-order valence-corrected chi connectivity index (χ0v) is 10.5. The van der Waals surface area contributed by atoms with Gasteiger partial charge in [0.05, 0.1) is 6.54 Å². The van der Waals surface area contributed by atoms with Gasteiger partial charge in [-0.3, -0.25) is 0 Å². The van der Waals surface area contributed by atoms with E-state index in [0.717, 1.165) is 11.5 Å². The van der Waals surface area contributed by atoms with Crippen LogP contribution < -0.4 is 5.32 Å². The quantitative estimate of drug-likeness (QED) is 0.740. The first kappa shape index (κ1) is 11.5. The summed E-state index contributed by atoms with van der Waals surface area (Å²) >= 11 is 0. The minimum Gasteiger partial charge on any atom is -0.377 e. The first-order valence-electron chi connectivity index (χ1n) is 6.30. The van der Waals surface area contributed by atoms with E-state index < -0.39 is 0 Å². The fraction of sp³-hybridized carbons (Fsp3) is 0.0625. The predicted octanol–water partition coefficient (Wildman–Crippen LogP) is 3.69. The summed E-state index contributed by atoms with van der Waals surface area (Å²) in [5, 5.41) is 3.42. The Morgan fingerprint density at radius 1 is 0.947 bits per heavy atom. The van der Waals surface area contributed by atoms with Gasteiger partial charge in [-0.1, -0.05) is 48.5 Å². The topological polar surface area (TPSA) is 40.7 Å². The van der Waals surface area contributed by atoms with Crippen LogP contribution in [0.1, 0.15) is 5.82 Å². The summed E-state index contributed by atoms with van der Waals surface area (Å²) in [7, 11) is 0. The summed E-state index contributed by atoms with van der Waals surface area (Å²) < 4.78 is 0. The average Bonchev–Trinajstić information content (AvgIpc) is 3.00. The Balaban J connectivity index is 1.85. The van der Waals surface area contributed by atoms with Crippen LogP contribution in [-0.2, 0) is 6.54 Å². The second-order valence-electron chi connectivity index (χ2n) is 4.30. The minimum absolute atomic E-state index is 0.691.